The molecule has 0 amide bonds. The van der Waals surface area contributed by atoms with Crippen LogP contribution in [0.25, 0.3) is 0 Å². The van der Waals surface area contributed by atoms with Gasteiger partial charge in [0.2, 0.25) is 0 Å². The Morgan fingerprint density at radius 3 is 2.00 bits per heavy atom. The van der Waals surface area contributed by atoms with Crippen LogP contribution in [0.1, 0.15) is 40.5 Å². The van der Waals surface area contributed by atoms with Crippen molar-refractivity contribution in [1.82, 2.24) is 0 Å². The van der Waals surface area contributed by atoms with Gasteiger partial charge in [-0.25, -0.2) is 0 Å². The molecule has 14 heavy (non-hydrogen) atoms. The summed E-state index contributed by atoms with van der Waals surface area (Å²) in [5.74, 6) is 0.784. The maximum absolute atomic E-state index is 5.85. The Morgan fingerprint density at radius 1 is 1.14 bits per heavy atom. The first-order valence-corrected chi connectivity index (χ1v) is 9.15. The second kappa shape index (κ2) is 5.31. The predicted molar refractivity (Wildman–Crippen MR) is 67.2 cm³/mol. The zero-order valence-electron chi connectivity index (χ0n) is 11.1. The molecule has 0 radical (unpaired) electrons. The predicted octanol–water partition coefficient (Wildman–Crippen LogP) is 4.30. The number of hydrogen-bond acceptors (Lipinski definition) is 1. The van der Waals surface area contributed by atoms with Crippen molar-refractivity contribution in [3.8, 4) is 0 Å². The molecule has 0 rings (SSSR count). The van der Waals surface area contributed by atoms with Crippen molar-refractivity contribution < 1.29 is 4.43 Å². The summed E-state index contributed by atoms with van der Waals surface area (Å²) >= 11 is 0. The van der Waals surface area contributed by atoms with E-state index in [1.807, 2.05) is 0 Å². The Balaban J connectivity index is 3.60. The van der Waals surface area contributed by atoms with E-state index in [4.69, 9.17) is 4.43 Å². The molecule has 2 heteroatoms. The maximum Gasteiger partial charge on any atom is 0.183 e. The Labute approximate surface area is 91.4 Å². The summed E-state index contributed by atoms with van der Waals surface area (Å²) in [7, 11) is -1.28. The fraction of sp³-hybridized carbons (Fsp3) is 1.00. The van der Waals surface area contributed by atoms with Crippen LogP contribution in [0, 0.1) is 11.3 Å². The summed E-state index contributed by atoms with van der Waals surface area (Å²) in [6.07, 6.45) is 2.50. The van der Waals surface area contributed by atoms with Crippen LogP contribution in [-0.2, 0) is 4.43 Å². The van der Waals surface area contributed by atoms with Gasteiger partial charge in [0.05, 0.1) is 0 Å². The zero-order chi connectivity index (χ0) is 11.4. The fourth-order valence-electron chi connectivity index (χ4n) is 1.71. The largest absolute Gasteiger partial charge is 0.418 e. The monoisotopic (exact) mass is 216 g/mol. The molecule has 0 N–H and O–H groups in total. The molecule has 0 aliphatic rings. The first kappa shape index (κ1) is 14.2. The molecular formula is C12H28OSi. The highest BCUT2D eigenvalue weighted by Gasteiger charge is 2.17. The highest BCUT2D eigenvalue weighted by atomic mass is 28.4. The Morgan fingerprint density at radius 2 is 1.64 bits per heavy atom. The molecule has 1 atom stereocenters. The first-order valence-electron chi connectivity index (χ1n) is 5.74. The minimum absolute atomic E-state index is 0.457. The quantitative estimate of drug-likeness (QED) is 0.623. The SMILES string of the molecule is CC(CCO[Si](C)(C)C)CC(C)(C)C. The van der Waals surface area contributed by atoms with E-state index < -0.39 is 8.32 Å². The molecule has 1 unspecified atom stereocenters. The molecule has 0 fully saturated rings. The van der Waals surface area contributed by atoms with Gasteiger partial charge in [-0.2, -0.15) is 0 Å². The molecule has 0 heterocycles. The van der Waals surface area contributed by atoms with Crippen LogP contribution in [0.2, 0.25) is 19.6 Å². The Bertz CT molecular complexity index is 153. The number of rotatable bonds is 5. The van der Waals surface area contributed by atoms with Crippen LogP contribution in [-0.4, -0.2) is 14.9 Å². The average Bonchev–Trinajstić information content (AvgIpc) is 1.78. The smallest absolute Gasteiger partial charge is 0.183 e. The molecular weight excluding hydrogens is 188 g/mol. The summed E-state index contributed by atoms with van der Waals surface area (Å²) in [6.45, 7) is 17.0. The van der Waals surface area contributed by atoms with E-state index in [-0.39, 0.29) is 0 Å². The molecule has 0 saturated heterocycles. The Hall–Kier alpha value is 0.177. The standard InChI is InChI=1S/C12H28OSi/c1-11(10-12(2,3)4)8-9-13-14(5,6)7/h11H,8-10H2,1-7H3. The lowest BCUT2D eigenvalue weighted by Crippen LogP contribution is -2.26. The van der Waals surface area contributed by atoms with Gasteiger partial charge in [-0.1, -0.05) is 27.7 Å². The second-order valence-electron chi connectivity index (χ2n) is 6.62. The normalized spacial score (nSPS) is 15.6. The Kier molecular flexibility index (Phi) is 5.38. The topological polar surface area (TPSA) is 9.23 Å². The third-order valence-corrected chi connectivity index (χ3v) is 3.18. The molecule has 0 aromatic rings. The summed E-state index contributed by atoms with van der Waals surface area (Å²) in [5.41, 5.74) is 0.457. The van der Waals surface area contributed by atoms with Crippen molar-refractivity contribution in [1.29, 1.82) is 0 Å². The van der Waals surface area contributed by atoms with E-state index in [2.05, 4.69) is 47.3 Å². The summed E-state index contributed by atoms with van der Waals surface area (Å²) in [4.78, 5) is 0. The molecule has 0 aliphatic heterocycles. The zero-order valence-corrected chi connectivity index (χ0v) is 12.1. The van der Waals surface area contributed by atoms with Crippen LogP contribution in [0.3, 0.4) is 0 Å². The van der Waals surface area contributed by atoms with E-state index >= 15 is 0 Å². The van der Waals surface area contributed by atoms with Crippen molar-refractivity contribution in [3.63, 3.8) is 0 Å². The van der Waals surface area contributed by atoms with E-state index in [1.54, 1.807) is 0 Å². The van der Waals surface area contributed by atoms with Gasteiger partial charge >= 0.3 is 0 Å². The molecule has 0 aromatic carbocycles. The van der Waals surface area contributed by atoms with Crippen molar-refractivity contribution in [2.24, 2.45) is 11.3 Å². The fourth-order valence-corrected chi connectivity index (χ4v) is 2.44. The number of hydrogen-bond donors (Lipinski definition) is 0. The van der Waals surface area contributed by atoms with Crippen molar-refractivity contribution >= 4 is 8.32 Å². The highest BCUT2D eigenvalue weighted by Crippen LogP contribution is 2.26. The van der Waals surface area contributed by atoms with Gasteiger partial charge in [0, 0.05) is 6.61 Å². The first-order chi connectivity index (χ1) is 6.10. The molecule has 1 nitrogen and oxygen atoms in total. The molecule has 86 valence electrons. The van der Waals surface area contributed by atoms with E-state index in [0.29, 0.717) is 5.41 Å². The van der Waals surface area contributed by atoms with Gasteiger partial charge in [-0.05, 0) is 43.8 Å². The van der Waals surface area contributed by atoms with Crippen LogP contribution in [0.5, 0.6) is 0 Å². The van der Waals surface area contributed by atoms with Gasteiger partial charge in [0.15, 0.2) is 8.32 Å². The third-order valence-electron chi connectivity index (χ3n) is 2.11. The van der Waals surface area contributed by atoms with Gasteiger partial charge < -0.3 is 4.43 Å². The summed E-state index contributed by atoms with van der Waals surface area (Å²) in [5, 5.41) is 0. The van der Waals surface area contributed by atoms with Gasteiger partial charge in [-0.15, -0.1) is 0 Å². The average molecular weight is 216 g/mol. The van der Waals surface area contributed by atoms with Gasteiger partial charge in [-0.3, -0.25) is 0 Å². The molecule has 0 aliphatic carbocycles. The van der Waals surface area contributed by atoms with Crippen LogP contribution < -0.4 is 0 Å². The third kappa shape index (κ3) is 10.3. The lowest BCUT2D eigenvalue weighted by atomic mass is 9.84. The lowest BCUT2D eigenvalue weighted by molar-refractivity contribution is 0.237. The van der Waals surface area contributed by atoms with E-state index in [1.165, 1.54) is 12.8 Å². The van der Waals surface area contributed by atoms with Crippen molar-refractivity contribution in [2.45, 2.75) is 60.2 Å². The maximum atomic E-state index is 5.85. The minimum atomic E-state index is -1.28. The van der Waals surface area contributed by atoms with Gasteiger partial charge in [0.1, 0.15) is 0 Å². The summed E-state index contributed by atoms with van der Waals surface area (Å²) < 4.78 is 5.85. The van der Waals surface area contributed by atoms with Crippen LogP contribution in [0.15, 0.2) is 0 Å². The van der Waals surface area contributed by atoms with Crippen molar-refractivity contribution in [3.05, 3.63) is 0 Å². The minimum Gasteiger partial charge on any atom is -0.418 e. The molecule has 0 bridgehead atoms. The van der Waals surface area contributed by atoms with Crippen LogP contribution >= 0.6 is 0 Å². The molecule has 0 spiro atoms. The summed E-state index contributed by atoms with van der Waals surface area (Å²) in [6, 6.07) is 0. The second-order valence-corrected chi connectivity index (χ2v) is 11.1. The molecule has 0 aromatic heterocycles. The van der Waals surface area contributed by atoms with Crippen molar-refractivity contribution in [2.75, 3.05) is 6.61 Å². The highest BCUT2D eigenvalue weighted by molar-refractivity contribution is 6.69. The van der Waals surface area contributed by atoms with E-state index in [9.17, 15) is 0 Å². The molecule has 0 saturated carbocycles. The lowest BCUT2D eigenvalue weighted by Gasteiger charge is -2.24. The van der Waals surface area contributed by atoms with E-state index in [0.717, 1.165) is 12.5 Å². The van der Waals surface area contributed by atoms with Gasteiger partial charge in [0.25, 0.3) is 0 Å². The van der Waals surface area contributed by atoms with Crippen LogP contribution in [0.4, 0.5) is 0 Å².